The average molecular weight is 390 g/mol. The van der Waals surface area contributed by atoms with Gasteiger partial charge in [0, 0.05) is 25.8 Å². The second kappa shape index (κ2) is 8.66. The van der Waals surface area contributed by atoms with E-state index in [0.717, 1.165) is 61.8 Å². The van der Waals surface area contributed by atoms with Gasteiger partial charge in [0.15, 0.2) is 5.82 Å². The van der Waals surface area contributed by atoms with Gasteiger partial charge < -0.3 is 9.64 Å². The molecule has 0 fully saturated rings. The molecule has 0 aliphatic carbocycles. The number of fused-ring (bicyclic) bond motifs is 1. The molecule has 0 N–H and O–H groups in total. The van der Waals surface area contributed by atoms with Gasteiger partial charge in [0.1, 0.15) is 0 Å². The molecule has 0 amide bonds. The Bertz CT molecular complexity index is 776. The van der Waals surface area contributed by atoms with Gasteiger partial charge in [0.25, 0.3) is 0 Å². The summed E-state index contributed by atoms with van der Waals surface area (Å²) in [4.78, 5) is 2.30. The highest BCUT2D eigenvalue weighted by atomic mass is 35.5. The van der Waals surface area contributed by atoms with Gasteiger partial charge in [0.2, 0.25) is 0 Å². The molecule has 0 saturated carbocycles. The lowest BCUT2D eigenvalue weighted by molar-refractivity contribution is 0.0421. The van der Waals surface area contributed by atoms with Gasteiger partial charge in [-0.2, -0.15) is 5.10 Å². The average Bonchev–Trinajstić information content (AvgIpc) is 2.95. The summed E-state index contributed by atoms with van der Waals surface area (Å²) in [5, 5.41) is 5.72. The molecule has 2 aromatic rings. The number of anilines is 2. The summed E-state index contributed by atoms with van der Waals surface area (Å²) in [5.41, 5.74) is 6.03. The number of hydrogen-bond donors (Lipinski definition) is 0. The number of unbranched alkanes of at least 4 members (excludes halogenated alkanes) is 1. The molecule has 1 atom stereocenters. The maximum atomic E-state index is 6.65. The first-order valence-electron chi connectivity index (χ1n) is 10.2. The Morgan fingerprint density at radius 2 is 2.04 bits per heavy atom. The molecular formula is C22H32ClN3O. The number of aromatic nitrogens is 2. The lowest BCUT2D eigenvalue weighted by Crippen LogP contribution is -2.26. The fourth-order valence-corrected chi connectivity index (χ4v) is 4.60. The standard InChI is InChI=1S/C22H32ClN3O/c1-6-8-12-27-19(7-2)21-17-10-9-11-26(22(17)24-25(21)5)20-16(4)13-15(3)14-18(20)23/h13-14,19H,6-12H2,1-5H3. The molecule has 0 radical (unpaired) electrons. The normalized spacial score (nSPS) is 15.1. The second-order valence-electron chi connectivity index (χ2n) is 7.60. The third-order valence-electron chi connectivity index (χ3n) is 5.40. The van der Waals surface area contributed by atoms with E-state index < -0.39 is 0 Å². The van der Waals surface area contributed by atoms with Gasteiger partial charge in [-0.05, 0) is 56.7 Å². The van der Waals surface area contributed by atoms with Gasteiger partial charge in [-0.3, -0.25) is 4.68 Å². The van der Waals surface area contributed by atoms with Gasteiger partial charge >= 0.3 is 0 Å². The van der Waals surface area contributed by atoms with Crippen molar-refractivity contribution in [2.75, 3.05) is 18.1 Å². The molecule has 1 aliphatic heterocycles. The number of nitrogens with zero attached hydrogens (tertiary/aromatic N) is 3. The SMILES string of the molecule is CCCCOC(CC)c1c2c(nn1C)N(c1c(C)cc(C)cc1Cl)CCC2. The molecule has 4 nitrogen and oxygen atoms in total. The molecule has 148 valence electrons. The van der Waals surface area contributed by atoms with Crippen LogP contribution in [0.5, 0.6) is 0 Å². The Labute approximate surface area is 168 Å². The minimum absolute atomic E-state index is 0.104. The van der Waals surface area contributed by atoms with Crippen LogP contribution < -0.4 is 4.90 Å². The van der Waals surface area contributed by atoms with Gasteiger partial charge in [-0.15, -0.1) is 0 Å². The summed E-state index contributed by atoms with van der Waals surface area (Å²) < 4.78 is 8.25. The van der Waals surface area contributed by atoms with Crippen molar-refractivity contribution in [3.8, 4) is 0 Å². The van der Waals surface area contributed by atoms with E-state index in [9.17, 15) is 0 Å². The number of benzene rings is 1. The summed E-state index contributed by atoms with van der Waals surface area (Å²) in [6.07, 6.45) is 5.46. The van der Waals surface area contributed by atoms with Crippen LogP contribution in [0.25, 0.3) is 0 Å². The summed E-state index contributed by atoms with van der Waals surface area (Å²) in [6, 6.07) is 4.24. The lowest BCUT2D eigenvalue weighted by Gasteiger charge is -2.30. The Morgan fingerprint density at radius 3 is 2.70 bits per heavy atom. The fourth-order valence-electron chi connectivity index (χ4n) is 4.17. The maximum absolute atomic E-state index is 6.65. The predicted octanol–water partition coefficient (Wildman–Crippen LogP) is 6.04. The quantitative estimate of drug-likeness (QED) is 0.540. The highest BCUT2D eigenvalue weighted by Gasteiger charge is 2.30. The van der Waals surface area contributed by atoms with Crippen LogP contribution in [0, 0.1) is 13.8 Å². The fraction of sp³-hybridized carbons (Fsp3) is 0.591. The van der Waals surface area contributed by atoms with Crippen LogP contribution in [-0.2, 0) is 18.2 Å². The zero-order valence-electron chi connectivity index (χ0n) is 17.3. The van der Waals surface area contributed by atoms with Crippen molar-refractivity contribution in [1.82, 2.24) is 9.78 Å². The van der Waals surface area contributed by atoms with Crippen molar-refractivity contribution in [2.45, 2.75) is 65.9 Å². The molecule has 0 bridgehead atoms. The molecule has 0 saturated heterocycles. The molecule has 1 aromatic heterocycles. The topological polar surface area (TPSA) is 30.3 Å². The van der Waals surface area contributed by atoms with Crippen molar-refractivity contribution >= 4 is 23.1 Å². The van der Waals surface area contributed by atoms with Crippen LogP contribution >= 0.6 is 11.6 Å². The molecule has 0 spiro atoms. The Morgan fingerprint density at radius 1 is 1.26 bits per heavy atom. The van der Waals surface area contributed by atoms with Crippen LogP contribution in [0.15, 0.2) is 12.1 Å². The molecule has 27 heavy (non-hydrogen) atoms. The molecule has 2 heterocycles. The van der Waals surface area contributed by atoms with Crippen LogP contribution in [0.4, 0.5) is 11.5 Å². The van der Waals surface area contributed by atoms with Crippen molar-refractivity contribution < 1.29 is 4.74 Å². The third kappa shape index (κ3) is 4.02. The summed E-state index contributed by atoms with van der Waals surface area (Å²) in [6.45, 7) is 10.4. The minimum Gasteiger partial charge on any atom is -0.372 e. The number of rotatable bonds is 7. The summed E-state index contributed by atoms with van der Waals surface area (Å²) in [7, 11) is 2.04. The second-order valence-corrected chi connectivity index (χ2v) is 8.01. The molecule has 1 aliphatic rings. The monoisotopic (exact) mass is 389 g/mol. The van der Waals surface area contributed by atoms with Gasteiger partial charge in [-0.25, -0.2) is 0 Å². The van der Waals surface area contributed by atoms with E-state index in [2.05, 4.69) is 38.7 Å². The number of aryl methyl sites for hydroxylation is 3. The maximum Gasteiger partial charge on any atom is 0.158 e. The van der Waals surface area contributed by atoms with E-state index in [-0.39, 0.29) is 6.10 Å². The Balaban J connectivity index is 2.00. The van der Waals surface area contributed by atoms with E-state index >= 15 is 0 Å². The first-order chi connectivity index (χ1) is 13.0. The van der Waals surface area contributed by atoms with E-state index in [1.807, 2.05) is 17.8 Å². The molecule has 1 aromatic carbocycles. The van der Waals surface area contributed by atoms with E-state index in [1.165, 1.54) is 22.4 Å². The first-order valence-corrected chi connectivity index (χ1v) is 10.6. The zero-order chi connectivity index (χ0) is 19.6. The summed E-state index contributed by atoms with van der Waals surface area (Å²) in [5.74, 6) is 1.05. The molecular weight excluding hydrogens is 358 g/mol. The van der Waals surface area contributed by atoms with Crippen molar-refractivity contribution in [1.29, 1.82) is 0 Å². The van der Waals surface area contributed by atoms with Gasteiger partial charge in [0.05, 0.1) is 22.5 Å². The van der Waals surface area contributed by atoms with Crippen LogP contribution in [0.3, 0.4) is 0 Å². The Hall–Kier alpha value is -1.52. The number of halogens is 1. The molecule has 3 rings (SSSR count). The molecule has 5 heteroatoms. The van der Waals surface area contributed by atoms with Crippen molar-refractivity contribution in [3.05, 3.63) is 39.5 Å². The zero-order valence-corrected chi connectivity index (χ0v) is 18.1. The Kier molecular flexibility index (Phi) is 6.48. The predicted molar refractivity (Wildman–Crippen MR) is 113 cm³/mol. The van der Waals surface area contributed by atoms with Crippen LogP contribution in [0.2, 0.25) is 5.02 Å². The van der Waals surface area contributed by atoms with E-state index in [1.54, 1.807) is 0 Å². The number of hydrogen-bond acceptors (Lipinski definition) is 3. The third-order valence-corrected chi connectivity index (χ3v) is 5.69. The summed E-state index contributed by atoms with van der Waals surface area (Å²) >= 11 is 6.65. The smallest absolute Gasteiger partial charge is 0.158 e. The van der Waals surface area contributed by atoms with E-state index in [0.29, 0.717) is 0 Å². The lowest BCUT2D eigenvalue weighted by atomic mass is 9.99. The van der Waals surface area contributed by atoms with E-state index in [4.69, 9.17) is 21.4 Å². The number of ether oxygens (including phenoxy) is 1. The highest BCUT2D eigenvalue weighted by Crippen LogP contribution is 2.42. The van der Waals surface area contributed by atoms with Crippen LogP contribution in [0.1, 0.15) is 68.0 Å². The van der Waals surface area contributed by atoms with Crippen molar-refractivity contribution in [3.63, 3.8) is 0 Å². The van der Waals surface area contributed by atoms with Crippen LogP contribution in [-0.4, -0.2) is 22.9 Å². The van der Waals surface area contributed by atoms with Crippen molar-refractivity contribution in [2.24, 2.45) is 7.05 Å². The highest BCUT2D eigenvalue weighted by molar-refractivity contribution is 6.33. The largest absolute Gasteiger partial charge is 0.372 e. The molecule has 1 unspecified atom stereocenters. The van der Waals surface area contributed by atoms with Gasteiger partial charge in [-0.1, -0.05) is 37.9 Å². The minimum atomic E-state index is 0.104. The first kappa shape index (κ1) is 20.2.